The van der Waals surface area contributed by atoms with Crippen LogP contribution in [0.15, 0.2) is 46.9 Å². The van der Waals surface area contributed by atoms with Crippen molar-refractivity contribution in [2.75, 3.05) is 5.73 Å². The smallest absolute Gasteiger partial charge is 0.252 e. The number of hydrogen-bond acceptors (Lipinski definition) is 2. The minimum absolute atomic E-state index is 0.144. The van der Waals surface area contributed by atoms with E-state index < -0.39 is 0 Å². The quantitative estimate of drug-likeness (QED) is 0.813. The molecule has 0 aromatic heterocycles. The van der Waals surface area contributed by atoms with E-state index in [1.54, 1.807) is 24.3 Å². The van der Waals surface area contributed by atoms with Gasteiger partial charge in [-0.25, -0.2) is 0 Å². The van der Waals surface area contributed by atoms with Gasteiger partial charge in [-0.05, 0) is 52.7 Å². The maximum absolute atomic E-state index is 12.3. The van der Waals surface area contributed by atoms with Gasteiger partial charge in [0.25, 0.3) is 5.91 Å². The second kappa shape index (κ2) is 6.29. The predicted octanol–water partition coefficient (Wildman–Crippen LogP) is 4.18. The zero-order chi connectivity index (χ0) is 14.7. The van der Waals surface area contributed by atoms with E-state index in [0.29, 0.717) is 20.7 Å². The van der Waals surface area contributed by atoms with Gasteiger partial charge in [-0.15, -0.1) is 0 Å². The van der Waals surface area contributed by atoms with Gasteiger partial charge in [0.2, 0.25) is 0 Å². The molecule has 1 amide bonds. The molecule has 0 saturated heterocycles. The van der Waals surface area contributed by atoms with Crippen molar-refractivity contribution >= 4 is 39.1 Å². The van der Waals surface area contributed by atoms with Crippen LogP contribution in [-0.2, 0) is 0 Å². The monoisotopic (exact) mass is 352 g/mol. The average molecular weight is 354 g/mol. The minimum atomic E-state index is -0.184. The van der Waals surface area contributed by atoms with Crippen molar-refractivity contribution in [1.29, 1.82) is 0 Å². The number of carbonyl (C=O) groups is 1. The Balaban J connectivity index is 2.17. The Kier molecular flexibility index (Phi) is 4.68. The van der Waals surface area contributed by atoms with E-state index in [4.69, 9.17) is 17.3 Å². The van der Waals surface area contributed by atoms with Crippen LogP contribution >= 0.6 is 27.5 Å². The molecular formula is C15H14BrClN2O. The van der Waals surface area contributed by atoms with Gasteiger partial charge < -0.3 is 11.1 Å². The molecule has 0 aliphatic rings. The summed E-state index contributed by atoms with van der Waals surface area (Å²) in [5, 5.41) is 3.57. The van der Waals surface area contributed by atoms with Gasteiger partial charge in [-0.2, -0.15) is 0 Å². The lowest BCUT2D eigenvalue weighted by molar-refractivity contribution is 0.0939. The van der Waals surface area contributed by atoms with Crippen molar-refractivity contribution in [2.45, 2.75) is 13.0 Å². The lowest BCUT2D eigenvalue weighted by Crippen LogP contribution is -2.27. The molecule has 0 spiro atoms. The number of nitrogens with two attached hydrogens (primary N) is 1. The first-order valence-corrected chi connectivity index (χ1v) is 7.26. The molecule has 0 bridgehead atoms. The highest BCUT2D eigenvalue weighted by Gasteiger charge is 2.15. The van der Waals surface area contributed by atoms with Crippen molar-refractivity contribution in [2.24, 2.45) is 0 Å². The summed E-state index contributed by atoms with van der Waals surface area (Å²) in [5.74, 6) is -0.184. The number of amides is 1. The Morgan fingerprint density at radius 1 is 1.30 bits per heavy atom. The van der Waals surface area contributed by atoms with E-state index in [1.807, 2.05) is 25.1 Å². The van der Waals surface area contributed by atoms with Crippen LogP contribution in [0, 0.1) is 0 Å². The molecule has 20 heavy (non-hydrogen) atoms. The van der Waals surface area contributed by atoms with Crippen LogP contribution in [0.3, 0.4) is 0 Å². The Morgan fingerprint density at radius 2 is 2.00 bits per heavy atom. The van der Waals surface area contributed by atoms with Crippen LogP contribution in [-0.4, -0.2) is 5.91 Å². The highest BCUT2D eigenvalue weighted by molar-refractivity contribution is 9.10. The maximum atomic E-state index is 12.3. The van der Waals surface area contributed by atoms with Crippen LogP contribution in [0.1, 0.15) is 28.9 Å². The molecule has 2 aromatic carbocycles. The number of anilines is 1. The van der Waals surface area contributed by atoms with Crippen molar-refractivity contribution < 1.29 is 4.79 Å². The highest BCUT2D eigenvalue weighted by atomic mass is 79.9. The van der Waals surface area contributed by atoms with Crippen molar-refractivity contribution in [3.63, 3.8) is 0 Å². The summed E-state index contributed by atoms with van der Waals surface area (Å²) in [4.78, 5) is 12.3. The summed E-state index contributed by atoms with van der Waals surface area (Å²) in [6.07, 6.45) is 0. The Labute approximate surface area is 131 Å². The molecule has 2 aromatic rings. The van der Waals surface area contributed by atoms with Gasteiger partial charge in [0.1, 0.15) is 0 Å². The fourth-order valence-electron chi connectivity index (χ4n) is 1.86. The van der Waals surface area contributed by atoms with Crippen LogP contribution in [0.2, 0.25) is 5.02 Å². The predicted molar refractivity (Wildman–Crippen MR) is 85.9 cm³/mol. The molecule has 1 atom stereocenters. The maximum Gasteiger partial charge on any atom is 0.252 e. The SMILES string of the molecule is CC(NC(=O)c1cccc(N)c1Br)c1cccc(Cl)c1. The van der Waals surface area contributed by atoms with Gasteiger partial charge in [0.05, 0.1) is 16.1 Å². The number of nitrogen functional groups attached to an aromatic ring is 1. The molecule has 0 saturated carbocycles. The molecule has 104 valence electrons. The van der Waals surface area contributed by atoms with E-state index in [0.717, 1.165) is 5.56 Å². The van der Waals surface area contributed by atoms with Crippen LogP contribution in [0.4, 0.5) is 5.69 Å². The summed E-state index contributed by atoms with van der Waals surface area (Å²) < 4.78 is 0.607. The summed E-state index contributed by atoms with van der Waals surface area (Å²) in [6, 6.07) is 12.5. The fraction of sp³-hybridized carbons (Fsp3) is 0.133. The average Bonchev–Trinajstić information content (AvgIpc) is 2.41. The third kappa shape index (κ3) is 3.32. The molecule has 0 aliphatic carbocycles. The molecule has 0 heterocycles. The van der Waals surface area contributed by atoms with Crippen molar-refractivity contribution in [1.82, 2.24) is 5.32 Å². The standard InChI is InChI=1S/C15H14BrClN2O/c1-9(10-4-2-5-11(17)8-10)19-15(20)12-6-3-7-13(18)14(12)16/h2-9H,18H2,1H3,(H,19,20). The Hall–Kier alpha value is -1.52. The molecule has 3 N–H and O–H groups in total. The van der Waals surface area contributed by atoms with Gasteiger partial charge in [0.15, 0.2) is 0 Å². The second-order valence-electron chi connectivity index (χ2n) is 4.46. The number of benzene rings is 2. The molecule has 1 unspecified atom stereocenters. The van der Waals surface area contributed by atoms with Crippen LogP contribution in [0.5, 0.6) is 0 Å². The van der Waals surface area contributed by atoms with Crippen LogP contribution < -0.4 is 11.1 Å². The first-order valence-electron chi connectivity index (χ1n) is 6.09. The first-order chi connectivity index (χ1) is 9.49. The van der Waals surface area contributed by atoms with Crippen LogP contribution in [0.25, 0.3) is 0 Å². The summed E-state index contributed by atoms with van der Waals surface area (Å²) >= 11 is 9.28. The van der Waals surface area contributed by atoms with Gasteiger partial charge in [-0.3, -0.25) is 4.79 Å². The molecular weight excluding hydrogens is 340 g/mol. The van der Waals surface area contributed by atoms with Crippen molar-refractivity contribution in [3.8, 4) is 0 Å². The van der Waals surface area contributed by atoms with Crippen molar-refractivity contribution in [3.05, 3.63) is 63.1 Å². The molecule has 5 heteroatoms. The first kappa shape index (κ1) is 14.9. The van der Waals surface area contributed by atoms with Gasteiger partial charge in [-0.1, -0.05) is 29.8 Å². The largest absolute Gasteiger partial charge is 0.398 e. The molecule has 0 radical (unpaired) electrons. The number of carbonyl (C=O) groups excluding carboxylic acids is 1. The number of hydrogen-bond donors (Lipinski definition) is 2. The molecule has 0 fully saturated rings. The van der Waals surface area contributed by atoms with E-state index in [-0.39, 0.29) is 11.9 Å². The number of nitrogens with one attached hydrogen (secondary N) is 1. The number of halogens is 2. The summed E-state index contributed by atoms with van der Waals surface area (Å²) in [5.41, 5.74) is 7.77. The topological polar surface area (TPSA) is 55.1 Å². The zero-order valence-corrected chi connectivity index (χ0v) is 13.2. The van der Waals surface area contributed by atoms with E-state index in [2.05, 4.69) is 21.2 Å². The summed E-state index contributed by atoms with van der Waals surface area (Å²) in [7, 11) is 0. The lowest BCUT2D eigenvalue weighted by Gasteiger charge is -2.15. The normalized spacial score (nSPS) is 11.9. The second-order valence-corrected chi connectivity index (χ2v) is 5.69. The third-order valence-corrected chi connectivity index (χ3v) is 4.09. The Morgan fingerprint density at radius 3 is 2.70 bits per heavy atom. The van der Waals surface area contributed by atoms with E-state index in [1.165, 1.54) is 0 Å². The highest BCUT2D eigenvalue weighted by Crippen LogP contribution is 2.24. The summed E-state index contributed by atoms with van der Waals surface area (Å²) in [6.45, 7) is 1.91. The molecule has 2 rings (SSSR count). The third-order valence-electron chi connectivity index (χ3n) is 2.97. The minimum Gasteiger partial charge on any atom is -0.398 e. The van der Waals surface area contributed by atoms with E-state index in [9.17, 15) is 4.79 Å². The van der Waals surface area contributed by atoms with E-state index >= 15 is 0 Å². The van der Waals surface area contributed by atoms with Gasteiger partial charge in [0, 0.05) is 10.7 Å². The zero-order valence-electron chi connectivity index (χ0n) is 10.9. The van der Waals surface area contributed by atoms with Gasteiger partial charge >= 0.3 is 0 Å². The molecule has 0 aliphatic heterocycles. The molecule has 3 nitrogen and oxygen atoms in total. The fourth-order valence-corrected chi connectivity index (χ4v) is 2.50. The lowest BCUT2D eigenvalue weighted by atomic mass is 10.1. The Bertz CT molecular complexity index is 646. The number of rotatable bonds is 3.